The zero-order valence-electron chi connectivity index (χ0n) is 19.2. The Hall–Kier alpha value is -3.66. The molecule has 3 amide bonds. The molecule has 2 aromatic carbocycles. The zero-order chi connectivity index (χ0) is 25.9. The molecule has 1 heterocycles. The van der Waals surface area contributed by atoms with Gasteiger partial charge in [0, 0.05) is 40.5 Å². The largest absolute Gasteiger partial charge is 0.433 e. The van der Waals surface area contributed by atoms with Crippen LogP contribution in [-0.2, 0) is 6.18 Å². The molecule has 1 fully saturated rings. The molecule has 0 spiro atoms. The van der Waals surface area contributed by atoms with Crippen molar-refractivity contribution in [3.8, 4) is 0 Å². The summed E-state index contributed by atoms with van der Waals surface area (Å²) in [4.78, 5) is 32.5. The van der Waals surface area contributed by atoms with Crippen molar-refractivity contribution in [2.75, 3.05) is 12.4 Å². The van der Waals surface area contributed by atoms with Gasteiger partial charge >= 0.3 is 12.2 Å². The number of halogens is 4. The van der Waals surface area contributed by atoms with E-state index in [1.54, 1.807) is 30.3 Å². The van der Waals surface area contributed by atoms with Crippen LogP contribution in [0.2, 0.25) is 5.02 Å². The molecule has 1 saturated carbocycles. The lowest BCUT2D eigenvalue weighted by Gasteiger charge is -2.24. The number of fused-ring (bicyclic) bond motifs is 1. The topological polar surface area (TPSA) is 95.5 Å². The summed E-state index contributed by atoms with van der Waals surface area (Å²) in [6.07, 6.45) is -2.37. The number of aromatic nitrogens is 1. The third-order valence-electron chi connectivity index (χ3n) is 5.83. The first-order valence-corrected chi connectivity index (χ1v) is 11.6. The minimum atomic E-state index is -4.60. The summed E-state index contributed by atoms with van der Waals surface area (Å²) in [7, 11) is 1.49. The van der Waals surface area contributed by atoms with Gasteiger partial charge in [0.25, 0.3) is 5.91 Å². The number of alkyl halides is 3. The number of hydrogen-bond donors (Lipinski definition) is 3. The molecule has 1 aromatic heterocycles. The number of benzene rings is 2. The number of nitrogens with zero attached hydrogens (tertiary/aromatic N) is 2. The van der Waals surface area contributed by atoms with E-state index in [0.717, 1.165) is 11.8 Å². The number of rotatable bonds is 4. The summed E-state index contributed by atoms with van der Waals surface area (Å²) in [6.45, 7) is 0. The highest BCUT2D eigenvalue weighted by molar-refractivity contribution is 6.31. The van der Waals surface area contributed by atoms with E-state index in [1.807, 2.05) is 0 Å². The van der Waals surface area contributed by atoms with E-state index >= 15 is 0 Å². The Labute approximate surface area is 210 Å². The second kappa shape index (κ2) is 10.5. The van der Waals surface area contributed by atoms with E-state index in [0.29, 0.717) is 47.3 Å². The normalized spacial score (nSPS) is 15.9. The summed E-state index contributed by atoms with van der Waals surface area (Å²) in [5.41, 5.74) is 0.977. The fourth-order valence-corrected chi connectivity index (χ4v) is 4.17. The van der Waals surface area contributed by atoms with Gasteiger partial charge in [0.05, 0.1) is 11.2 Å². The average Bonchev–Trinajstić information content (AvgIpc) is 2.84. The molecular formula is C25H23ClF3N5O2. The van der Waals surface area contributed by atoms with Gasteiger partial charge in [-0.25, -0.2) is 9.78 Å². The van der Waals surface area contributed by atoms with Crippen LogP contribution in [0.15, 0.2) is 53.5 Å². The lowest BCUT2D eigenvalue weighted by Crippen LogP contribution is -2.37. The summed E-state index contributed by atoms with van der Waals surface area (Å²) >= 11 is 6.06. The second-order valence-electron chi connectivity index (χ2n) is 8.40. The molecule has 0 unspecified atom stereocenters. The molecule has 0 aliphatic heterocycles. The van der Waals surface area contributed by atoms with Crippen molar-refractivity contribution in [2.45, 2.75) is 37.9 Å². The Morgan fingerprint density at radius 2 is 1.83 bits per heavy atom. The second-order valence-corrected chi connectivity index (χ2v) is 8.83. The van der Waals surface area contributed by atoms with Gasteiger partial charge in [0.15, 0.2) is 0 Å². The third-order valence-corrected chi connectivity index (χ3v) is 6.06. The third kappa shape index (κ3) is 6.12. The molecule has 1 aliphatic rings. The van der Waals surface area contributed by atoms with Crippen LogP contribution in [-0.4, -0.2) is 35.7 Å². The van der Waals surface area contributed by atoms with Crippen molar-refractivity contribution in [1.29, 1.82) is 0 Å². The molecular weight excluding hydrogens is 495 g/mol. The van der Waals surface area contributed by atoms with Crippen LogP contribution < -0.4 is 16.0 Å². The van der Waals surface area contributed by atoms with E-state index < -0.39 is 17.9 Å². The van der Waals surface area contributed by atoms with Crippen molar-refractivity contribution < 1.29 is 22.8 Å². The van der Waals surface area contributed by atoms with Gasteiger partial charge in [-0.15, -0.1) is 0 Å². The lowest BCUT2D eigenvalue weighted by atomic mass is 9.93. The highest BCUT2D eigenvalue weighted by atomic mass is 35.5. The maximum absolute atomic E-state index is 13.4. The van der Waals surface area contributed by atoms with Crippen LogP contribution >= 0.6 is 11.6 Å². The number of aliphatic imine (C=N–C) groups is 1. The Balaban J connectivity index is 1.46. The molecule has 0 atom stereocenters. The molecule has 36 heavy (non-hydrogen) atoms. The molecule has 0 radical (unpaired) electrons. The molecule has 0 saturated heterocycles. The van der Waals surface area contributed by atoms with E-state index in [2.05, 4.69) is 25.9 Å². The first-order valence-electron chi connectivity index (χ1n) is 11.3. The van der Waals surface area contributed by atoms with Gasteiger partial charge in [-0.3, -0.25) is 9.79 Å². The van der Waals surface area contributed by atoms with Crippen LogP contribution in [0.3, 0.4) is 0 Å². The highest BCUT2D eigenvalue weighted by Crippen LogP contribution is 2.36. The van der Waals surface area contributed by atoms with E-state index in [-0.39, 0.29) is 23.2 Å². The minimum absolute atomic E-state index is 0.110. The van der Waals surface area contributed by atoms with Gasteiger partial charge < -0.3 is 16.0 Å². The number of carbonyl (C=O) groups is 2. The van der Waals surface area contributed by atoms with E-state index in [9.17, 15) is 22.8 Å². The average molecular weight is 518 g/mol. The van der Waals surface area contributed by atoms with Gasteiger partial charge in [-0.1, -0.05) is 17.7 Å². The first kappa shape index (κ1) is 25.4. The molecule has 4 rings (SSSR count). The molecule has 1 aliphatic carbocycles. The van der Waals surface area contributed by atoms with Gasteiger partial charge in [-0.2, -0.15) is 13.2 Å². The van der Waals surface area contributed by atoms with E-state index in [1.165, 1.54) is 19.2 Å². The summed E-state index contributed by atoms with van der Waals surface area (Å²) in [6, 6.07) is 11.5. The van der Waals surface area contributed by atoms with Crippen LogP contribution in [0.5, 0.6) is 0 Å². The first-order chi connectivity index (χ1) is 17.1. The Kier molecular flexibility index (Phi) is 7.44. The molecule has 3 aromatic rings. The van der Waals surface area contributed by atoms with Gasteiger partial charge in [-0.05, 0) is 68.1 Å². The monoisotopic (exact) mass is 517 g/mol. The fourth-order valence-electron chi connectivity index (χ4n) is 4.00. The molecule has 7 nitrogen and oxygen atoms in total. The maximum Gasteiger partial charge on any atom is 0.433 e. The number of nitrogens with one attached hydrogen (secondary N) is 3. The summed E-state index contributed by atoms with van der Waals surface area (Å²) in [5, 5.41) is 8.88. The summed E-state index contributed by atoms with van der Waals surface area (Å²) < 4.78 is 40.1. The zero-order valence-corrected chi connectivity index (χ0v) is 20.0. The number of hydrogen-bond acceptors (Lipinski definition) is 4. The van der Waals surface area contributed by atoms with Crippen molar-refractivity contribution in [2.24, 2.45) is 4.99 Å². The Bertz CT molecular complexity index is 1330. The fraction of sp³-hybridized carbons (Fsp3) is 0.280. The predicted molar refractivity (Wildman–Crippen MR) is 133 cm³/mol. The van der Waals surface area contributed by atoms with Crippen molar-refractivity contribution >= 4 is 51.5 Å². The molecule has 11 heteroatoms. The molecule has 188 valence electrons. The highest BCUT2D eigenvalue weighted by Gasteiger charge is 2.33. The molecule has 3 N–H and O–H groups in total. The Morgan fingerprint density at radius 1 is 1.08 bits per heavy atom. The van der Waals surface area contributed by atoms with E-state index in [4.69, 9.17) is 11.6 Å². The Morgan fingerprint density at radius 3 is 2.53 bits per heavy atom. The number of pyridine rings is 1. The van der Waals surface area contributed by atoms with Crippen molar-refractivity contribution in [1.82, 2.24) is 15.6 Å². The molecule has 0 bridgehead atoms. The lowest BCUT2D eigenvalue weighted by molar-refractivity contribution is -0.140. The number of carbonyl (C=O) groups excluding carboxylic acids is 2. The van der Waals surface area contributed by atoms with Gasteiger partial charge in [0.1, 0.15) is 5.69 Å². The van der Waals surface area contributed by atoms with Crippen LogP contribution in [0.25, 0.3) is 10.9 Å². The number of amides is 3. The van der Waals surface area contributed by atoms with Crippen LogP contribution in [0.4, 0.5) is 29.3 Å². The maximum atomic E-state index is 13.4. The summed E-state index contributed by atoms with van der Waals surface area (Å²) in [5.74, 6) is -0.273. The van der Waals surface area contributed by atoms with Crippen molar-refractivity contribution in [3.63, 3.8) is 0 Å². The van der Waals surface area contributed by atoms with Crippen LogP contribution in [0, 0.1) is 0 Å². The predicted octanol–water partition coefficient (Wildman–Crippen LogP) is 6.10. The smallest absolute Gasteiger partial charge is 0.349 e. The van der Waals surface area contributed by atoms with Crippen LogP contribution in [0.1, 0.15) is 41.7 Å². The quantitative estimate of drug-likeness (QED) is 0.390. The van der Waals surface area contributed by atoms with Crippen molar-refractivity contribution in [3.05, 3.63) is 64.8 Å². The minimum Gasteiger partial charge on any atom is -0.349 e. The number of anilines is 1. The standard InChI is InChI=1S/C25H23ClF3N5O2/c1-30-24(36)33-18-4-2-3-14(11-18)23(35)32-17-8-6-16(7-9-17)31-21-13-22(25(27,28)29)34-20-10-5-15(26)12-19(20)21/h2-5,10-13,17H,6-9H2,1H3,(H,32,35)(H2,30,33,36). The SMILES string of the molecule is CNC(=O)Nc1cccc(C(=O)NC2CCC(=Nc3cc(C(F)(F)F)nc4ccc(Cl)cc34)CC2)c1. The number of urea groups is 1. The van der Waals surface area contributed by atoms with Gasteiger partial charge in [0.2, 0.25) is 0 Å².